The number of hydrogen-bond acceptors (Lipinski definition) is 4. The van der Waals surface area contributed by atoms with Crippen molar-refractivity contribution in [3.63, 3.8) is 0 Å². The average molecular weight is 362 g/mol. The van der Waals surface area contributed by atoms with E-state index in [-0.39, 0.29) is 12.0 Å². The van der Waals surface area contributed by atoms with Crippen LogP contribution in [0.25, 0.3) is 10.9 Å². The molecule has 5 nitrogen and oxygen atoms in total. The van der Waals surface area contributed by atoms with E-state index in [1.807, 2.05) is 72.5 Å². The predicted molar refractivity (Wildman–Crippen MR) is 104 cm³/mol. The molecule has 2 aromatic carbocycles. The van der Waals surface area contributed by atoms with Crippen molar-refractivity contribution in [3.05, 3.63) is 66.2 Å². The van der Waals surface area contributed by atoms with E-state index in [4.69, 9.17) is 9.47 Å². The number of ether oxygens (including phenoxy) is 2. The van der Waals surface area contributed by atoms with Crippen LogP contribution in [0, 0.1) is 0 Å². The van der Waals surface area contributed by atoms with Gasteiger partial charge in [-0.3, -0.25) is 4.79 Å². The fourth-order valence-electron chi connectivity index (χ4n) is 3.39. The zero-order valence-electron chi connectivity index (χ0n) is 15.3. The predicted octanol–water partition coefficient (Wildman–Crippen LogP) is 3.93. The summed E-state index contributed by atoms with van der Waals surface area (Å²) in [5.41, 5.74) is 1.51. The van der Waals surface area contributed by atoms with Gasteiger partial charge in [0.15, 0.2) is 0 Å². The lowest BCUT2D eigenvalue weighted by atomic mass is 10.2. The number of fused-ring (bicyclic) bond motifs is 1. The van der Waals surface area contributed by atoms with E-state index in [2.05, 4.69) is 4.98 Å². The van der Waals surface area contributed by atoms with Gasteiger partial charge in [-0.2, -0.15) is 0 Å². The first-order chi connectivity index (χ1) is 13.2. The minimum atomic E-state index is -0.0538. The maximum atomic E-state index is 12.9. The highest BCUT2D eigenvalue weighted by atomic mass is 16.5. The molecule has 1 aliphatic rings. The molecule has 5 heteroatoms. The van der Waals surface area contributed by atoms with Crippen molar-refractivity contribution in [2.75, 3.05) is 19.7 Å². The molecule has 27 heavy (non-hydrogen) atoms. The maximum Gasteiger partial charge on any atom is 0.257 e. The second kappa shape index (κ2) is 7.66. The normalized spacial score (nSPS) is 16.5. The van der Waals surface area contributed by atoms with Crippen molar-refractivity contribution in [1.29, 1.82) is 0 Å². The first kappa shape index (κ1) is 17.3. The number of benzene rings is 2. The summed E-state index contributed by atoms with van der Waals surface area (Å²) in [5, 5.41) is 1.08. The van der Waals surface area contributed by atoms with Gasteiger partial charge in [0.2, 0.25) is 5.88 Å². The molecule has 0 saturated carbocycles. The molecule has 0 bridgehead atoms. The van der Waals surface area contributed by atoms with Crippen LogP contribution in [0.1, 0.15) is 23.7 Å². The summed E-state index contributed by atoms with van der Waals surface area (Å²) in [5.74, 6) is 1.21. The number of para-hydroxylation sites is 2. The van der Waals surface area contributed by atoms with Gasteiger partial charge in [0.05, 0.1) is 24.2 Å². The molecule has 3 aromatic rings. The third-order valence-electron chi connectivity index (χ3n) is 4.71. The minimum Gasteiger partial charge on any atom is -0.493 e. The van der Waals surface area contributed by atoms with E-state index < -0.39 is 0 Å². The number of amides is 1. The van der Waals surface area contributed by atoms with Crippen molar-refractivity contribution in [2.24, 2.45) is 0 Å². The second-order valence-electron chi connectivity index (χ2n) is 6.55. The van der Waals surface area contributed by atoms with Crippen LogP contribution < -0.4 is 9.47 Å². The second-order valence-corrected chi connectivity index (χ2v) is 6.55. The standard InChI is InChI=1S/C22H22N2O3/c1-2-26-20-10-6-4-8-18(20)22(25)24-14-13-17(15-24)27-21-12-11-16-7-3-5-9-19(16)23-21/h3-12,17H,2,13-15H2,1H3. The van der Waals surface area contributed by atoms with Crippen molar-refractivity contribution < 1.29 is 14.3 Å². The molecular formula is C22H22N2O3. The van der Waals surface area contributed by atoms with E-state index in [9.17, 15) is 4.79 Å². The number of nitrogens with zero attached hydrogens (tertiary/aromatic N) is 2. The Bertz CT molecular complexity index is 957. The monoisotopic (exact) mass is 362 g/mol. The largest absolute Gasteiger partial charge is 0.493 e. The molecule has 2 heterocycles. The zero-order valence-corrected chi connectivity index (χ0v) is 15.3. The highest BCUT2D eigenvalue weighted by Crippen LogP contribution is 2.24. The molecule has 1 amide bonds. The Hall–Kier alpha value is -3.08. The van der Waals surface area contributed by atoms with Gasteiger partial charge in [-0.05, 0) is 31.2 Å². The summed E-state index contributed by atoms with van der Waals surface area (Å²) >= 11 is 0. The van der Waals surface area contributed by atoms with Crippen LogP contribution in [-0.2, 0) is 0 Å². The quantitative estimate of drug-likeness (QED) is 0.690. The molecule has 1 saturated heterocycles. The van der Waals surface area contributed by atoms with Gasteiger partial charge in [-0.25, -0.2) is 4.98 Å². The third-order valence-corrected chi connectivity index (χ3v) is 4.71. The number of carbonyl (C=O) groups is 1. The van der Waals surface area contributed by atoms with Gasteiger partial charge in [0.25, 0.3) is 5.91 Å². The fourth-order valence-corrected chi connectivity index (χ4v) is 3.39. The number of pyridine rings is 1. The Morgan fingerprint density at radius 2 is 1.93 bits per heavy atom. The summed E-state index contributed by atoms with van der Waals surface area (Å²) in [6.07, 6.45) is 0.735. The lowest BCUT2D eigenvalue weighted by Gasteiger charge is -2.18. The van der Waals surface area contributed by atoms with Crippen molar-refractivity contribution in [2.45, 2.75) is 19.4 Å². The van der Waals surface area contributed by atoms with E-state index in [1.165, 1.54) is 0 Å². The molecule has 1 aliphatic heterocycles. The Morgan fingerprint density at radius 1 is 1.11 bits per heavy atom. The SMILES string of the molecule is CCOc1ccccc1C(=O)N1CCC(Oc2ccc3ccccc3n2)C1. The van der Waals surface area contributed by atoms with Gasteiger partial charge < -0.3 is 14.4 Å². The fraction of sp³-hybridized carbons (Fsp3) is 0.273. The Balaban J connectivity index is 1.44. The van der Waals surface area contributed by atoms with E-state index >= 15 is 0 Å². The number of likely N-dealkylation sites (tertiary alicyclic amines) is 1. The Kier molecular flexibility index (Phi) is 4.92. The Morgan fingerprint density at radius 3 is 2.81 bits per heavy atom. The minimum absolute atomic E-state index is 0.0170. The molecule has 1 aromatic heterocycles. The molecule has 4 rings (SSSR count). The molecule has 0 radical (unpaired) electrons. The Labute approximate surface area is 158 Å². The molecule has 138 valence electrons. The molecule has 1 unspecified atom stereocenters. The van der Waals surface area contributed by atoms with Gasteiger partial charge in [-0.1, -0.05) is 30.3 Å². The van der Waals surface area contributed by atoms with Gasteiger partial charge in [0, 0.05) is 24.4 Å². The van der Waals surface area contributed by atoms with Gasteiger partial charge in [0.1, 0.15) is 11.9 Å². The lowest BCUT2D eigenvalue weighted by molar-refractivity contribution is 0.0767. The van der Waals surface area contributed by atoms with Crippen LogP contribution in [-0.4, -0.2) is 41.6 Å². The lowest BCUT2D eigenvalue weighted by Crippen LogP contribution is -2.31. The molecule has 0 aliphatic carbocycles. The van der Waals surface area contributed by atoms with E-state index in [1.54, 1.807) is 0 Å². The van der Waals surface area contributed by atoms with E-state index in [0.29, 0.717) is 36.9 Å². The van der Waals surface area contributed by atoms with Crippen LogP contribution >= 0.6 is 0 Å². The van der Waals surface area contributed by atoms with Crippen molar-refractivity contribution in [3.8, 4) is 11.6 Å². The van der Waals surface area contributed by atoms with Crippen LogP contribution in [0.15, 0.2) is 60.7 Å². The van der Waals surface area contributed by atoms with Crippen LogP contribution in [0.4, 0.5) is 0 Å². The van der Waals surface area contributed by atoms with Crippen molar-refractivity contribution >= 4 is 16.8 Å². The zero-order chi connectivity index (χ0) is 18.6. The van der Waals surface area contributed by atoms with Gasteiger partial charge in [-0.15, -0.1) is 0 Å². The van der Waals surface area contributed by atoms with Gasteiger partial charge >= 0.3 is 0 Å². The summed E-state index contributed by atoms with van der Waals surface area (Å²) in [7, 11) is 0. The van der Waals surface area contributed by atoms with Crippen molar-refractivity contribution in [1.82, 2.24) is 9.88 Å². The molecule has 0 spiro atoms. The average Bonchev–Trinajstić information content (AvgIpc) is 3.16. The number of hydrogen-bond donors (Lipinski definition) is 0. The van der Waals surface area contributed by atoms with Crippen LogP contribution in [0.2, 0.25) is 0 Å². The molecule has 1 fully saturated rings. The number of aromatic nitrogens is 1. The summed E-state index contributed by atoms with van der Waals surface area (Å²) in [6.45, 7) is 3.66. The first-order valence-electron chi connectivity index (χ1n) is 9.28. The number of carbonyl (C=O) groups excluding carboxylic acids is 1. The van der Waals surface area contributed by atoms with Crippen LogP contribution in [0.3, 0.4) is 0 Å². The summed E-state index contributed by atoms with van der Waals surface area (Å²) in [4.78, 5) is 19.3. The first-order valence-corrected chi connectivity index (χ1v) is 9.28. The molecule has 0 N–H and O–H groups in total. The third kappa shape index (κ3) is 3.72. The van der Waals surface area contributed by atoms with E-state index in [0.717, 1.165) is 17.3 Å². The number of rotatable bonds is 5. The molecule has 1 atom stereocenters. The maximum absolute atomic E-state index is 12.9. The summed E-state index contributed by atoms with van der Waals surface area (Å²) < 4.78 is 11.6. The van der Waals surface area contributed by atoms with Crippen LogP contribution in [0.5, 0.6) is 11.6 Å². The highest BCUT2D eigenvalue weighted by molar-refractivity contribution is 5.97. The topological polar surface area (TPSA) is 51.7 Å². The molecular weight excluding hydrogens is 340 g/mol. The summed E-state index contributed by atoms with van der Waals surface area (Å²) in [6, 6.07) is 19.2. The highest BCUT2D eigenvalue weighted by Gasteiger charge is 2.29. The smallest absolute Gasteiger partial charge is 0.257 e.